The predicted molar refractivity (Wildman–Crippen MR) is 123 cm³/mol. The molecule has 2 aromatic carbocycles. The van der Waals surface area contributed by atoms with Gasteiger partial charge in [0.15, 0.2) is 6.10 Å². The van der Waals surface area contributed by atoms with E-state index in [1.807, 2.05) is 32.9 Å². The first-order valence-electron chi connectivity index (χ1n) is 11.2. The fraction of sp³-hybridized carbons (Fsp3) is 0.462. The Hall–Kier alpha value is -3.04. The van der Waals surface area contributed by atoms with Crippen LogP contribution in [-0.2, 0) is 14.9 Å². The highest BCUT2D eigenvalue weighted by atomic mass is 16.5. The summed E-state index contributed by atoms with van der Waals surface area (Å²) >= 11 is 0. The quantitative estimate of drug-likeness (QED) is 0.636. The van der Waals surface area contributed by atoms with Crippen LogP contribution in [0.25, 0.3) is 0 Å². The number of rotatable bonds is 9. The van der Waals surface area contributed by atoms with Crippen LogP contribution in [0.15, 0.2) is 48.5 Å². The molecular weight excluding hydrogens is 404 g/mol. The first-order chi connectivity index (χ1) is 15.5. The predicted octanol–water partition coefficient (Wildman–Crippen LogP) is 4.22. The van der Waals surface area contributed by atoms with Gasteiger partial charge in [0.25, 0.3) is 5.91 Å². The number of ether oxygens (including phenoxy) is 3. The Morgan fingerprint density at radius 2 is 1.84 bits per heavy atom. The lowest BCUT2D eigenvalue weighted by Gasteiger charge is -2.38. The summed E-state index contributed by atoms with van der Waals surface area (Å²) in [6.07, 6.45) is 0.957. The molecule has 0 bridgehead atoms. The summed E-state index contributed by atoms with van der Waals surface area (Å²) in [4.78, 5) is 13.2. The van der Waals surface area contributed by atoms with E-state index in [1.54, 1.807) is 24.3 Å². The Balaban J connectivity index is 1.75. The van der Waals surface area contributed by atoms with Gasteiger partial charge in [-0.3, -0.25) is 4.79 Å². The van der Waals surface area contributed by atoms with Gasteiger partial charge in [0.05, 0.1) is 12.2 Å². The van der Waals surface area contributed by atoms with Crippen molar-refractivity contribution in [3.8, 4) is 17.6 Å². The first-order valence-corrected chi connectivity index (χ1v) is 11.2. The van der Waals surface area contributed by atoms with E-state index >= 15 is 0 Å². The molecule has 1 aliphatic rings. The zero-order valence-electron chi connectivity index (χ0n) is 19.1. The molecule has 6 nitrogen and oxygen atoms in total. The molecule has 1 amide bonds. The lowest BCUT2D eigenvalue weighted by molar-refractivity contribution is -0.130. The molecule has 0 spiro atoms. The smallest absolute Gasteiger partial charge is 0.261 e. The number of benzene rings is 2. The van der Waals surface area contributed by atoms with E-state index in [4.69, 9.17) is 14.2 Å². The Kier molecular flexibility index (Phi) is 8.13. The van der Waals surface area contributed by atoms with Crippen LogP contribution in [0, 0.1) is 17.2 Å². The maximum Gasteiger partial charge on any atom is 0.261 e. The molecule has 0 aliphatic carbocycles. The van der Waals surface area contributed by atoms with Gasteiger partial charge in [0, 0.05) is 25.2 Å². The lowest BCUT2D eigenvalue weighted by Crippen LogP contribution is -2.49. The van der Waals surface area contributed by atoms with E-state index < -0.39 is 6.10 Å². The van der Waals surface area contributed by atoms with Crippen molar-refractivity contribution in [1.29, 1.82) is 5.26 Å². The zero-order valence-corrected chi connectivity index (χ0v) is 19.1. The fourth-order valence-corrected chi connectivity index (χ4v) is 4.05. The first kappa shape index (κ1) is 23.6. The van der Waals surface area contributed by atoms with Crippen molar-refractivity contribution in [3.05, 3.63) is 59.7 Å². The van der Waals surface area contributed by atoms with Crippen molar-refractivity contribution in [1.82, 2.24) is 5.32 Å². The average molecular weight is 437 g/mol. The number of nitrogens with zero attached hydrogens (tertiary/aromatic N) is 1. The van der Waals surface area contributed by atoms with Crippen molar-refractivity contribution >= 4 is 5.91 Å². The minimum absolute atomic E-state index is 0.0575. The summed E-state index contributed by atoms with van der Waals surface area (Å²) in [6.45, 7) is 8.28. The third-order valence-corrected chi connectivity index (χ3v) is 5.95. The second-order valence-corrected chi connectivity index (χ2v) is 8.46. The van der Waals surface area contributed by atoms with Crippen LogP contribution < -0.4 is 14.8 Å². The standard InChI is InChI=1S/C26H32N2O4/c1-4-31-22-11-9-21(10-12-22)26(13-15-30-16-14-26)18-28-25(29)24(19(2)3)32-23-8-6-5-7-20(23)17-27/h5-12,19,24H,4,13-16,18H2,1-3H3,(H,28,29). The van der Waals surface area contributed by atoms with Gasteiger partial charge in [-0.05, 0) is 55.5 Å². The summed E-state index contributed by atoms with van der Waals surface area (Å²) < 4.78 is 17.2. The van der Waals surface area contributed by atoms with Crippen molar-refractivity contribution in [2.24, 2.45) is 5.92 Å². The molecule has 1 atom stereocenters. The van der Waals surface area contributed by atoms with Crippen LogP contribution in [0.4, 0.5) is 0 Å². The number of amides is 1. The van der Waals surface area contributed by atoms with Crippen molar-refractivity contribution in [3.63, 3.8) is 0 Å². The number of hydrogen-bond donors (Lipinski definition) is 1. The maximum absolute atomic E-state index is 13.2. The molecule has 3 rings (SSSR count). The summed E-state index contributed by atoms with van der Waals surface area (Å²) in [5.41, 5.74) is 1.38. The zero-order chi connectivity index (χ0) is 23.0. The number of carbonyl (C=O) groups excluding carboxylic acids is 1. The Morgan fingerprint density at radius 3 is 2.47 bits per heavy atom. The molecule has 32 heavy (non-hydrogen) atoms. The Morgan fingerprint density at radius 1 is 1.16 bits per heavy atom. The van der Waals surface area contributed by atoms with E-state index in [1.165, 1.54) is 5.56 Å². The largest absolute Gasteiger partial charge is 0.494 e. The van der Waals surface area contributed by atoms with E-state index in [-0.39, 0.29) is 17.2 Å². The summed E-state index contributed by atoms with van der Waals surface area (Å²) in [5.74, 6) is 1.03. The number of nitrogens with one attached hydrogen (secondary N) is 1. The van der Waals surface area contributed by atoms with Gasteiger partial charge in [0.2, 0.25) is 0 Å². The van der Waals surface area contributed by atoms with Crippen molar-refractivity contribution in [2.45, 2.75) is 45.1 Å². The van der Waals surface area contributed by atoms with E-state index in [9.17, 15) is 10.1 Å². The number of hydrogen-bond acceptors (Lipinski definition) is 5. The van der Waals surface area contributed by atoms with Gasteiger partial charge in [-0.2, -0.15) is 5.26 Å². The minimum atomic E-state index is -0.693. The molecule has 1 saturated heterocycles. The van der Waals surface area contributed by atoms with Crippen LogP contribution in [0.3, 0.4) is 0 Å². The molecule has 1 heterocycles. The van der Waals surface area contributed by atoms with Crippen LogP contribution in [-0.4, -0.2) is 38.4 Å². The van der Waals surface area contributed by atoms with Crippen LogP contribution in [0.5, 0.6) is 11.5 Å². The third-order valence-electron chi connectivity index (χ3n) is 5.95. The summed E-state index contributed by atoms with van der Waals surface area (Å²) in [6, 6.07) is 17.2. The highest BCUT2D eigenvalue weighted by Gasteiger charge is 2.36. The number of para-hydroxylation sites is 1. The summed E-state index contributed by atoms with van der Waals surface area (Å²) in [7, 11) is 0. The minimum Gasteiger partial charge on any atom is -0.494 e. The normalized spacial score (nSPS) is 16.1. The second-order valence-electron chi connectivity index (χ2n) is 8.46. The van der Waals surface area contributed by atoms with Gasteiger partial charge in [-0.25, -0.2) is 0 Å². The molecule has 0 radical (unpaired) electrons. The summed E-state index contributed by atoms with van der Waals surface area (Å²) in [5, 5.41) is 12.5. The highest BCUT2D eigenvalue weighted by Crippen LogP contribution is 2.35. The van der Waals surface area contributed by atoms with Gasteiger partial charge in [-0.1, -0.05) is 38.1 Å². The molecule has 0 aromatic heterocycles. The number of carbonyl (C=O) groups is 1. The molecule has 1 aliphatic heterocycles. The molecule has 1 fully saturated rings. The van der Waals surface area contributed by atoms with Gasteiger partial charge in [-0.15, -0.1) is 0 Å². The molecule has 1 N–H and O–H groups in total. The van der Waals surface area contributed by atoms with Gasteiger partial charge in [0.1, 0.15) is 17.6 Å². The monoisotopic (exact) mass is 436 g/mol. The van der Waals surface area contributed by atoms with E-state index in [2.05, 4.69) is 23.5 Å². The van der Waals surface area contributed by atoms with Gasteiger partial charge < -0.3 is 19.5 Å². The molecule has 170 valence electrons. The molecule has 2 aromatic rings. The molecule has 1 unspecified atom stereocenters. The molecule has 6 heteroatoms. The Bertz CT molecular complexity index is 928. The Labute approximate surface area is 190 Å². The van der Waals surface area contributed by atoms with Crippen LogP contribution >= 0.6 is 0 Å². The highest BCUT2D eigenvalue weighted by molar-refractivity contribution is 5.81. The molecule has 0 saturated carbocycles. The van der Waals surface area contributed by atoms with Gasteiger partial charge >= 0.3 is 0 Å². The number of nitriles is 1. The third kappa shape index (κ3) is 5.60. The average Bonchev–Trinajstić information content (AvgIpc) is 2.82. The van der Waals surface area contributed by atoms with Crippen molar-refractivity contribution < 1.29 is 19.0 Å². The van der Waals surface area contributed by atoms with E-state index in [0.29, 0.717) is 37.7 Å². The van der Waals surface area contributed by atoms with Crippen LogP contribution in [0.1, 0.15) is 44.7 Å². The molecular formula is C26H32N2O4. The fourth-order valence-electron chi connectivity index (χ4n) is 4.05. The second kappa shape index (κ2) is 11.0. The van der Waals surface area contributed by atoms with Crippen molar-refractivity contribution in [2.75, 3.05) is 26.4 Å². The maximum atomic E-state index is 13.2. The van der Waals surface area contributed by atoms with E-state index in [0.717, 1.165) is 18.6 Å². The lowest BCUT2D eigenvalue weighted by atomic mass is 9.74. The van der Waals surface area contributed by atoms with Crippen LogP contribution in [0.2, 0.25) is 0 Å². The SMILES string of the molecule is CCOc1ccc(C2(CNC(=O)C(Oc3ccccc3C#N)C(C)C)CCOCC2)cc1. The topological polar surface area (TPSA) is 80.6 Å².